The van der Waals surface area contributed by atoms with Crippen molar-refractivity contribution in [2.45, 2.75) is 58.3 Å². The lowest BCUT2D eigenvalue weighted by atomic mass is 10.0. The molecule has 4 nitrogen and oxygen atoms in total. The zero-order chi connectivity index (χ0) is 16.2. The number of aliphatic carboxylic acids is 1. The molecule has 0 aliphatic heterocycles. The van der Waals surface area contributed by atoms with E-state index in [4.69, 9.17) is 5.11 Å². The molecule has 4 heteroatoms. The van der Waals surface area contributed by atoms with Gasteiger partial charge in [-0.05, 0) is 36.8 Å². The van der Waals surface area contributed by atoms with Gasteiger partial charge in [0.05, 0.1) is 0 Å². The molecule has 1 rings (SSSR count). The van der Waals surface area contributed by atoms with Crippen LogP contribution >= 0.6 is 0 Å². The van der Waals surface area contributed by atoms with Gasteiger partial charge >= 0.3 is 5.97 Å². The largest absolute Gasteiger partial charge is 0.481 e. The van der Waals surface area contributed by atoms with Gasteiger partial charge in [0, 0.05) is 19.9 Å². The zero-order valence-corrected chi connectivity index (χ0v) is 13.4. The fourth-order valence-electron chi connectivity index (χ4n) is 2.39. The lowest BCUT2D eigenvalue weighted by Gasteiger charge is -2.05. The molecule has 0 spiro atoms. The van der Waals surface area contributed by atoms with E-state index in [1.54, 1.807) is 0 Å². The van der Waals surface area contributed by atoms with Crippen LogP contribution in [0.2, 0.25) is 0 Å². The fourth-order valence-corrected chi connectivity index (χ4v) is 2.39. The van der Waals surface area contributed by atoms with E-state index >= 15 is 0 Å². The van der Waals surface area contributed by atoms with Crippen molar-refractivity contribution in [2.24, 2.45) is 0 Å². The van der Waals surface area contributed by atoms with Gasteiger partial charge in [-0.1, -0.05) is 43.5 Å². The summed E-state index contributed by atoms with van der Waals surface area (Å²) in [6.45, 7) is 2.22. The predicted octanol–water partition coefficient (Wildman–Crippen LogP) is 3.33. The number of rotatable bonds is 11. The molecule has 0 radical (unpaired) electrons. The highest BCUT2D eigenvalue weighted by atomic mass is 16.4. The van der Waals surface area contributed by atoms with Crippen molar-refractivity contribution in [3.05, 3.63) is 35.4 Å². The first-order valence-electron chi connectivity index (χ1n) is 8.12. The molecule has 1 amide bonds. The van der Waals surface area contributed by atoms with Gasteiger partial charge in [-0.15, -0.1) is 0 Å². The van der Waals surface area contributed by atoms with Gasteiger partial charge in [-0.25, -0.2) is 0 Å². The van der Waals surface area contributed by atoms with Crippen molar-refractivity contribution in [3.8, 4) is 0 Å². The number of unbranched alkanes of at least 4 members (excludes halogenated alkanes) is 4. The maximum absolute atomic E-state index is 10.8. The maximum atomic E-state index is 10.8. The second-order valence-electron chi connectivity index (χ2n) is 5.71. The Kier molecular flexibility index (Phi) is 8.96. The summed E-state index contributed by atoms with van der Waals surface area (Å²) in [4.78, 5) is 21.2. The minimum atomic E-state index is -0.696. The van der Waals surface area contributed by atoms with Crippen LogP contribution in [0.3, 0.4) is 0 Å². The topological polar surface area (TPSA) is 66.4 Å². The zero-order valence-electron chi connectivity index (χ0n) is 13.4. The minimum Gasteiger partial charge on any atom is -0.481 e. The molecule has 0 saturated carbocycles. The molecule has 0 aliphatic carbocycles. The van der Waals surface area contributed by atoms with Crippen LogP contribution in [0.4, 0.5) is 0 Å². The Bertz CT molecular complexity index is 454. The van der Waals surface area contributed by atoms with Crippen molar-refractivity contribution in [1.82, 2.24) is 5.32 Å². The lowest BCUT2D eigenvalue weighted by molar-refractivity contribution is -0.137. The second kappa shape index (κ2) is 10.8. The number of carbonyl (C=O) groups excluding carboxylic acids is 1. The fraction of sp³-hybridized carbons (Fsp3) is 0.556. The minimum absolute atomic E-state index is 0.0139. The van der Waals surface area contributed by atoms with Crippen molar-refractivity contribution in [2.75, 3.05) is 6.54 Å². The summed E-state index contributed by atoms with van der Waals surface area (Å²) in [5, 5.41) is 11.3. The van der Waals surface area contributed by atoms with E-state index in [2.05, 4.69) is 29.6 Å². The van der Waals surface area contributed by atoms with Gasteiger partial charge < -0.3 is 10.4 Å². The molecule has 0 unspecified atom stereocenters. The van der Waals surface area contributed by atoms with Crippen molar-refractivity contribution in [3.63, 3.8) is 0 Å². The molecular formula is C18H27NO3. The molecule has 0 heterocycles. The first-order chi connectivity index (χ1) is 10.6. The number of aryl methyl sites for hydroxylation is 1. The number of carboxylic acids is 1. The molecule has 22 heavy (non-hydrogen) atoms. The third-order valence-corrected chi connectivity index (χ3v) is 3.67. The van der Waals surface area contributed by atoms with Gasteiger partial charge in [0.15, 0.2) is 0 Å². The maximum Gasteiger partial charge on any atom is 0.303 e. The summed E-state index contributed by atoms with van der Waals surface area (Å²) in [5.74, 6) is -0.682. The van der Waals surface area contributed by atoms with Crippen molar-refractivity contribution >= 4 is 11.9 Å². The van der Waals surface area contributed by atoms with E-state index in [0.29, 0.717) is 13.0 Å². The van der Waals surface area contributed by atoms with E-state index in [-0.39, 0.29) is 5.91 Å². The smallest absolute Gasteiger partial charge is 0.303 e. The normalized spacial score (nSPS) is 10.4. The van der Waals surface area contributed by atoms with Crippen LogP contribution in [-0.2, 0) is 22.4 Å². The summed E-state index contributed by atoms with van der Waals surface area (Å²) in [5.41, 5.74) is 2.58. The molecule has 0 bridgehead atoms. The number of carboxylic acid groups (broad SMARTS) is 1. The number of hydrogen-bond donors (Lipinski definition) is 2. The van der Waals surface area contributed by atoms with Crippen LogP contribution in [0.1, 0.15) is 56.6 Å². The second-order valence-corrected chi connectivity index (χ2v) is 5.71. The third kappa shape index (κ3) is 9.16. The number of carbonyl (C=O) groups is 2. The van der Waals surface area contributed by atoms with Crippen LogP contribution < -0.4 is 5.32 Å². The molecule has 1 aromatic rings. The first kappa shape index (κ1) is 18.2. The summed E-state index contributed by atoms with van der Waals surface area (Å²) >= 11 is 0. The van der Waals surface area contributed by atoms with Gasteiger partial charge in [-0.3, -0.25) is 9.59 Å². The molecule has 0 aromatic heterocycles. The Morgan fingerprint density at radius 3 is 2.05 bits per heavy atom. The van der Waals surface area contributed by atoms with E-state index in [9.17, 15) is 9.59 Å². The SMILES string of the molecule is CC(=O)NCCc1ccc(CCCCCCCC(=O)O)cc1. The molecule has 0 saturated heterocycles. The van der Waals surface area contributed by atoms with Gasteiger partial charge in [0.1, 0.15) is 0 Å². The van der Waals surface area contributed by atoms with E-state index in [1.165, 1.54) is 18.1 Å². The molecule has 0 fully saturated rings. The predicted molar refractivity (Wildman–Crippen MR) is 87.9 cm³/mol. The molecule has 2 N–H and O–H groups in total. The average Bonchev–Trinajstić information content (AvgIpc) is 2.47. The Hall–Kier alpha value is -1.84. The highest BCUT2D eigenvalue weighted by molar-refractivity contribution is 5.72. The summed E-state index contributed by atoms with van der Waals surface area (Å²) in [7, 11) is 0. The molecular weight excluding hydrogens is 278 g/mol. The Morgan fingerprint density at radius 1 is 0.909 bits per heavy atom. The van der Waals surface area contributed by atoms with Crippen LogP contribution in [0.15, 0.2) is 24.3 Å². The van der Waals surface area contributed by atoms with Crippen molar-refractivity contribution in [1.29, 1.82) is 0 Å². The van der Waals surface area contributed by atoms with Crippen LogP contribution in [-0.4, -0.2) is 23.5 Å². The van der Waals surface area contributed by atoms with E-state index in [0.717, 1.165) is 44.9 Å². The van der Waals surface area contributed by atoms with E-state index in [1.807, 2.05) is 0 Å². The summed E-state index contributed by atoms with van der Waals surface area (Å²) in [6, 6.07) is 8.58. The third-order valence-electron chi connectivity index (χ3n) is 3.67. The quantitative estimate of drug-likeness (QED) is 0.616. The highest BCUT2D eigenvalue weighted by Gasteiger charge is 1.99. The Balaban J connectivity index is 2.11. The van der Waals surface area contributed by atoms with Gasteiger partial charge in [0.2, 0.25) is 5.91 Å². The number of benzene rings is 1. The Labute approximate surface area is 132 Å². The van der Waals surface area contributed by atoms with Crippen LogP contribution in [0.25, 0.3) is 0 Å². The van der Waals surface area contributed by atoms with Crippen molar-refractivity contribution < 1.29 is 14.7 Å². The Morgan fingerprint density at radius 2 is 1.45 bits per heavy atom. The van der Waals surface area contributed by atoms with Gasteiger partial charge in [0.25, 0.3) is 0 Å². The van der Waals surface area contributed by atoms with E-state index < -0.39 is 5.97 Å². The first-order valence-corrected chi connectivity index (χ1v) is 8.12. The molecule has 0 aliphatic rings. The average molecular weight is 305 g/mol. The molecule has 1 aromatic carbocycles. The summed E-state index contributed by atoms with van der Waals surface area (Å²) in [6.07, 6.45) is 7.45. The number of nitrogens with one attached hydrogen (secondary N) is 1. The van der Waals surface area contributed by atoms with Crippen LogP contribution in [0.5, 0.6) is 0 Å². The van der Waals surface area contributed by atoms with Gasteiger partial charge in [-0.2, -0.15) is 0 Å². The molecule has 0 atom stereocenters. The monoisotopic (exact) mass is 305 g/mol. The highest BCUT2D eigenvalue weighted by Crippen LogP contribution is 2.11. The van der Waals surface area contributed by atoms with Crippen LogP contribution in [0, 0.1) is 0 Å². The number of amides is 1. The number of hydrogen-bond acceptors (Lipinski definition) is 2. The standard InChI is InChI=1S/C18H27NO3/c1-15(20)19-14-13-17-11-9-16(10-12-17)7-5-3-2-4-6-8-18(21)22/h9-12H,2-8,13-14H2,1H3,(H,19,20)(H,21,22). The summed E-state index contributed by atoms with van der Waals surface area (Å²) < 4.78 is 0. The molecule has 122 valence electrons. The lowest BCUT2D eigenvalue weighted by Crippen LogP contribution is -2.22.